The minimum atomic E-state index is -0.134. The van der Waals surface area contributed by atoms with E-state index in [2.05, 4.69) is 28.9 Å². The molecule has 0 radical (unpaired) electrons. The van der Waals surface area contributed by atoms with Crippen LogP contribution in [0.3, 0.4) is 0 Å². The molecule has 3 rings (SSSR count). The second-order valence-electron chi connectivity index (χ2n) is 4.93. The van der Waals surface area contributed by atoms with Gasteiger partial charge in [-0.05, 0) is 36.1 Å². The van der Waals surface area contributed by atoms with E-state index in [0.717, 1.165) is 6.42 Å². The molecular weight excluding hydrogens is 252 g/mol. The van der Waals surface area contributed by atoms with Gasteiger partial charge < -0.3 is 0 Å². The average molecular weight is 268 g/mol. The first-order valence-electron chi connectivity index (χ1n) is 6.73. The third-order valence-corrected chi connectivity index (χ3v) is 3.62. The highest BCUT2D eigenvalue weighted by atomic mass is 16.1. The van der Waals surface area contributed by atoms with Crippen LogP contribution in [0.2, 0.25) is 0 Å². The van der Waals surface area contributed by atoms with Gasteiger partial charge in [-0.15, -0.1) is 0 Å². The van der Waals surface area contributed by atoms with Crippen molar-refractivity contribution in [1.82, 2.24) is 19.7 Å². The maximum absolute atomic E-state index is 12.2. The van der Waals surface area contributed by atoms with Crippen LogP contribution >= 0.6 is 0 Å². The zero-order chi connectivity index (χ0) is 14.1. The highest BCUT2D eigenvalue weighted by Crippen LogP contribution is 2.21. The van der Waals surface area contributed by atoms with Gasteiger partial charge in [0.15, 0.2) is 0 Å². The number of hydrogen-bond donors (Lipinski definition) is 1. The fourth-order valence-corrected chi connectivity index (χ4v) is 2.19. The second kappa shape index (κ2) is 4.92. The number of benzene rings is 1. The summed E-state index contributed by atoms with van der Waals surface area (Å²) in [6.07, 6.45) is 4.44. The Morgan fingerprint density at radius 2 is 2.25 bits per heavy atom. The molecule has 1 atom stereocenters. The van der Waals surface area contributed by atoms with E-state index in [4.69, 9.17) is 0 Å². The van der Waals surface area contributed by atoms with Gasteiger partial charge in [-0.3, -0.25) is 9.78 Å². The summed E-state index contributed by atoms with van der Waals surface area (Å²) >= 11 is 0. The first-order valence-corrected chi connectivity index (χ1v) is 6.73. The summed E-state index contributed by atoms with van der Waals surface area (Å²) in [7, 11) is 0. The van der Waals surface area contributed by atoms with Gasteiger partial charge in [0.1, 0.15) is 0 Å². The molecule has 3 aromatic rings. The van der Waals surface area contributed by atoms with E-state index in [1.165, 1.54) is 5.56 Å². The van der Waals surface area contributed by atoms with Crippen LogP contribution in [0.4, 0.5) is 0 Å². The highest BCUT2D eigenvalue weighted by molar-refractivity contribution is 5.78. The Kier molecular flexibility index (Phi) is 3.10. The van der Waals surface area contributed by atoms with E-state index < -0.39 is 0 Å². The molecule has 0 saturated carbocycles. The van der Waals surface area contributed by atoms with Gasteiger partial charge in [0.25, 0.3) is 5.56 Å². The Morgan fingerprint density at radius 3 is 2.95 bits per heavy atom. The standard InChI is InChI=1S/C15H16N4O/c1-3-10(2)11-5-6-13-12(9-11)14(20)18-15(17-13)19-8-4-7-16-19/h4-10H,3H2,1-2H3,(H,17,18,20). The maximum atomic E-state index is 12.2. The topological polar surface area (TPSA) is 63.6 Å². The van der Waals surface area contributed by atoms with Crippen LogP contribution in [-0.2, 0) is 0 Å². The highest BCUT2D eigenvalue weighted by Gasteiger charge is 2.09. The van der Waals surface area contributed by atoms with Crippen molar-refractivity contribution in [3.05, 3.63) is 52.6 Å². The first kappa shape index (κ1) is 12.6. The minimum Gasteiger partial charge on any atom is -0.290 e. The van der Waals surface area contributed by atoms with E-state index in [1.54, 1.807) is 23.1 Å². The van der Waals surface area contributed by atoms with Gasteiger partial charge in [0.05, 0.1) is 10.9 Å². The number of aromatic nitrogens is 4. The zero-order valence-corrected chi connectivity index (χ0v) is 11.5. The van der Waals surface area contributed by atoms with Gasteiger partial charge in [0, 0.05) is 12.4 Å². The molecule has 0 fully saturated rings. The maximum Gasteiger partial charge on any atom is 0.260 e. The number of hydrogen-bond acceptors (Lipinski definition) is 3. The summed E-state index contributed by atoms with van der Waals surface area (Å²) in [6, 6.07) is 7.66. The van der Waals surface area contributed by atoms with E-state index in [1.807, 2.05) is 18.2 Å². The van der Waals surface area contributed by atoms with Crippen LogP contribution in [-0.4, -0.2) is 19.7 Å². The Labute approximate surface area is 116 Å². The molecule has 2 aromatic heterocycles. The molecule has 0 saturated heterocycles. The molecule has 0 aliphatic rings. The summed E-state index contributed by atoms with van der Waals surface area (Å²) in [5.41, 5.74) is 1.72. The van der Waals surface area contributed by atoms with Gasteiger partial charge in [-0.2, -0.15) is 5.10 Å². The number of H-pyrrole nitrogens is 1. The predicted octanol–water partition coefficient (Wildman–Crippen LogP) is 2.62. The Morgan fingerprint density at radius 1 is 1.40 bits per heavy atom. The molecule has 102 valence electrons. The molecular formula is C15H16N4O. The molecule has 5 nitrogen and oxygen atoms in total. The Hall–Kier alpha value is -2.43. The van der Waals surface area contributed by atoms with Gasteiger partial charge in [0.2, 0.25) is 5.95 Å². The quantitative estimate of drug-likeness (QED) is 0.794. The summed E-state index contributed by atoms with van der Waals surface area (Å²) in [5.74, 6) is 0.869. The summed E-state index contributed by atoms with van der Waals surface area (Å²) in [4.78, 5) is 19.4. The van der Waals surface area contributed by atoms with Crippen molar-refractivity contribution >= 4 is 10.9 Å². The number of aromatic amines is 1. The molecule has 0 bridgehead atoms. The second-order valence-corrected chi connectivity index (χ2v) is 4.93. The molecule has 20 heavy (non-hydrogen) atoms. The molecule has 1 aromatic carbocycles. The molecule has 0 aliphatic carbocycles. The molecule has 5 heteroatoms. The third-order valence-electron chi connectivity index (χ3n) is 3.62. The molecule has 0 amide bonds. The SMILES string of the molecule is CCC(C)c1ccc2nc(-n3cccn3)[nH]c(=O)c2c1. The monoisotopic (exact) mass is 268 g/mol. The van der Waals surface area contributed by atoms with Crippen LogP contribution in [0, 0.1) is 0 Å². The number of nitrogens with zero attached hydrogens (tertiary/aromatic N) is 3. The number of fused-ring (bicyclic) bond motifs is 1. The van der Waals surface area contributed by atoms with E-state index in [-0.39, 0.29) is 5.56 Å². The average Bonchev–Trinajstić information content (AvgIpc) is 3.00. The zero-order valence-electron chi connectivity index (χ0n) is 11.5. The minimum absolute atomic E-state index is 0.134. The molecule has 2 heterocycles. The summed E-state index contributed by atoms with van der Waals surface area (Å²) in [6.45, 7) is 4.29. The van der Waals surface area contributed by atoms with Crippen LogP contribution in [0.15, 0.2) is 41.5 Å². The Bertz CT molecular complexity index is 789. The summed E-state index contributed by atoms with van der Waals surface area (Å²) in [5, 5.41) is 4.70. The Balaban J connectivity index is 2.17. The van der Waals surface area contributed by atoms with Crippen molar-refractivity contribution in [3.8, 4) is 5.95 Å². The largest absolute Gasteiger partial charge is 0.290 e. The van der Waals surface area contributed by atoms with Crippen molar-refractivity contribution in [2.45, 2.75) is 26.2 Å². The lowest BCUT2D eigenvalue weighted by Crippen LogP contribution is -2.14. The van der Waals surface area contributed by atoms with Gasteiger partial charge in [-0.1, -0.05) is 19.9 Å². The normalized spacial score (nSPS) is 12.7. The number of nitrogens with one attached hydrogen (secondary N) is 1. The molecule has 0 spiro atoms. The van der Waals surface area contributed by atoms with Crippen LogP contribution in [0.25, 0.3) is 16.9 Å². The van der Waals surface area contributed by atoms with E-state index in [9.17, 15) is 4.79 Å². The van der Waals surface area contributed by atoms with E-state index in [0.29, 0.717) is 22.8 Å². The van der Waals surface area contributed by atoms with Gasteiger partial charge in [-0.25, -0.2) is 9.67 Å². The molecule has 1 N–H and O–H groups in total. The first-order chi connectivity index (χ1) is 9.69. The third kappa shape index (κ3) is 2.11. The van der Waals surface area contributed by atoms with Crippen LogP contribution in [0.1, 0.15) is 31.7 Å². The lowest BCUT2D eigenvalue weighted by molar-refractivity contribution is 0.734. The lowest BCUT2D eigenvalue weighted by atomic mass is 9.97. The van der Waals surface area contributed by atoms with Crippen molar-refractivity contribution < 1.29 is 0 Å². The predicted molar refractivity (Wildman–Crippen MR) is 78.2 cm³/mol. The van der Waals surface area contributed by atoms with Crippen molar-refractivity contribution in [2.24, 2.45) is 0 Å². The van der Waals surface area contributed by atoms with Crippen molar-refractivity contribution in [1.29, 1.82) is 0 Å². The van der Waals surface area contributed by atoms with Crippen molar-refractivity contribution in [2.75, 3.05) is 0 Å². The fraction of sp³-hybridized carbons (Fsp3) is 0.267. The number of rotatable bonds is 3. The smallest absolute Gasteiger partial charge is 0.260 e. The fourth-order valence-electron chi connectivity index (χ4n) is 2.19. The van der Waals surface area contributed by atoms with Gasteiger partial charge >= 0.3 is 0 Å². The molecule has 1 unspecified atom stereocenters. The van der Waals surface area contributed by atoms with E-state index >= 15 is 0 Å². The van der Waals surface area contributed by atoms with Crippen LogP contribution in [0.5, 0.6) is 0 Å². The van der Waals surface area contributed by atoms with Crippen LogP contribution < -0.4 is 5.56 Å². The summed E-state index contributed by atoms with van der Waals surface area (Å²) < 4.78 is 1.55. The molecule has 0 aliphatic heterocycles. The lowest BCUT2D eigenvalue weighted by Gasteiger charge is -2.10. The van der Waals surface area contributed by atoms with Crippen molar-refractivity contribution in [3.63, 3.8) is 0 Å².